The van der Waals surface area contributed by atoms with E-state index in [9.17, 15) is 4.79 Å². The molecule has 2 aromatic rings. The maximum atomic E-state index is 12.0. The molecule has 1 aliphatic heterocycles. The molecule has 0 fully saturated rings. The summed E-state index contributed by atoms with van der Waals surface area (Å²) in [5.41, 5.74) is 1.64. The lowest BCUT2D eigenvalue weighted by Crippen LogP contribution is -2.22. The summed E-state index contributed by atoms with van der Waals surface area (Å²) < 4.78 is 12.4. The highest BCUT2D eigenvalue weighted by Gasteiger charge is 2.15. The number of hydrogen-bond donors (Lipinski definition) is 1. The van der Waals surface area contributed by atoms with Crippen molar-refractivity contribution in [3.8, 4) is 11.5 Å². The number of aromatic nitrogens is 1. The minimum atomic E-state index is -0.123. The van der Waals surface area contributed by atoms with Crippen LogP contribution in [0.4, 0.5) is 0 Å². The van der Waals surface area contributed by atoms with Gasteiger partial charge in [0.05, 0.1) is 0 Å². The Morgan fingerprint density at radius 3 is 2.95 bits per heavy atom. The van der Waals surface area contributed by atoms with E-state index in [1.54, 1.807) is 18.2 Å². The molecule has 3 rings (SSSR count). The third kappa shape index (κ3) is 2.40. The summed E-state index contributed by atoms with van der Waals surface area (Å²) in [5, 5.41) is 2.87. The maximum absolute atomic E-state index is 12.0. The summed E-state index contributed by atoms with van der Waals surface area (Å²) in [6, 6.07) is 7.15. The van der Waals surface area contributed by atoms with Crippen LogP contribution >= 0.6 is 0 Å². The molecule has 1 aromatic carbocycles. The van der Waals surface area contributed by atoms with E-state index in [0.29, 0.717) is 23.6 Å². The first-order chi connectivity index (χ1) is 9.22. The molecule has 0 saturated carbocycles. The number of amides is 1. The predicted molar refractivity (Wildman–Crippen MR) is 69.1 cm³/mol. The molecule has 2 heterocycles. The van der Waals surface area contributed by atoms with Crippen molar-refractivity contribution in [3.63, 3.8) is 0 Å². The zero-order valence-corrected chi connectivity index (χ0v) is 10.6. The number of aryl methyl sites for hydroxylation is 1. The van der Waals surface area contributed by atoms with Gasteiger partial charge in [-0.3, -0.25) is 4.79 Å². The summed E-state index contributed by atoms with van der Waals surface area (Å²) in [5.74, 6) is 1.18. The van der Waals surface area contributed by atoms with Crippen LogP contribution < -0.4 is 14.8 Å². The molecular weight excluding hydrogens is 244 g/mol. The second kappa shape index (κ2) is 4.68. The minimum absolute atomic E-state index is 0.123. The van der Waals surface area contributed by atoms with Crippen LogP contribution in [0.5, 0.6) is 11.5 Å². The number of ether oxygens (including phenoxy) is 2. The quantitative estimate of drug-likeness (QED) is 0.911. The predicted octanol–water partition coefficient (Wildman–Crippen LogP) is 1.68. The standard InChI is InChI=1S/C14H14N2O3/c1-16-5-4-10(8-16)7-15-14(17)11-2-3-12-13(6-11)19-9-18-12/h2-6,8H,7,9H2,1H3,(H,15,17). The van der Waals surface area contributed by atoms with Gasteiger partial charge < -0.3 is 19.4 Å². The molecule has 98 valence electrons. The Balaban J connectivity index is 1.67. The molecule has 1 amide bonds. The number of hydrogen-bond acceptors (Lipinski definition) is 3. The SMILES string of the molecule is Cn1ccc(CNC(=O)c2ccc3c(c2)OCO3)c1. The van der Waals surface area contributed by atoms with E-state index in [4.69, 9.17) is 9.47 Å². The number of benzene rings is 1. The van der Waals surface area contributed by atoms with Gasteiger partial charge >= 0.3 is 0 Å². The van der Waals surface area contributed by atoms with E-state index in [1.807, 2.05) is 30.1 Å². The van der Waals surface area contributed by atoms with Crippen LogP contribution in [0.1, 0.15) is 15.9 Å². The van der Waals surface area contributed by atoms with Gasteiger partial charge in [0, 0.05) is 31.5 Å². The lowest BCUT2D eigenvalue weighted by Gasteiger charge is -2.04. The van der Waals surface area contributed by atoms with Gasteiger partial charge in [-0.25, -0.2) is 0 Å². The van der Waals surface area contributed by atoms with E-state index in [0.717, 1.165) is 5.56 Å². The molecule has 0 bridgehead atoms. The molecule has 0 atom stereocenters. The lowest BCUT2D eigenvalue weighted by molar-refractivity contribution is 0.0950. The van der Waals surface area contributed by atoms with Crippen molar-refractivity contribution in [3.05, 3.63) is 47.8 Å². The number of carbonyl (C=O) groups excluding carboxylic acids is 1. The van der Waals surface area contributed by atoms with E-state index in [1.165, 1.54) is 0 Å². The van der Waals surface area contributed by atoms with Crippen LogP contribution in [0.3, 0.4) is 0 Å². The van der Waals surface area contributed by atoms with E-state index in [-0.39, 0.29) is 12.7 Å². The summed E-state index contributed by atoms with van der Waals surface area (Å²) in [6.45, 7) is 0.721. The minimum Gasteiger partial charge on any atom is -0.454 e. The lowest BCUT2D eigenvalue weighted by atomic mass is 10.2. The van der Waals surface area contributed by atoms with Crippen molar-refractivity contribution >= 4 is 5.91 Å². The summed E-state index contributed by atoms with van der Waals surface area (Å²) >= 11 is 0. The number of nitrogens with one attached hydrogen (secondary N) is 1. The van der Waals surface area contributed by atoms with Crippen molar-refractivity contribution in [2.24, 2.45) is 7.05 Å². The van der Waals surface area contributed by atoms with Gasteiger partial charge in [-0.2, -0.15) is 0 Å². The zero-order valence-electron chi connectivity index (χ0n) is 10.6. The van der Waals surface area contributed by atoms with Gasteiger partial charge in [-0.05, 0) is 29.8 Å². The Hall–Kier alpha value is -2.43. The normalized spacial score (nSPS) is 12.5. The first kappa shape index (κ1) is 11.6. The molecular formula is C14H14N2O3. The Labute approximate surface area is 110 Å². The third-order valence-corrected chi connectivity index (χ3v) is 2.98. The highest BCUT2D eigenvalue weighted by molar-refractivity contribution is 5.94. The Morgan fingerprint density at radius 1 is 1.32 bits per heavy atom. The Morgan fingerprint density at radius 2 is 2.16 bits per heavy atom. The smallest absolute Gasteiger partial charge is 0.251 e. The molecule has 1 aliphatic rings. The first-order valence-electron chi connectivity index (χ1n) is 6.01. The average molecular weight is 258 g/mol. The van der Waals surface area contributed by atoms with Crippen LogP contribution in [0.15, 0.2) is 36.7 Å². The third-order valence-electron chi connectivity index (χ3n) is 2.98. The van der Waals surface area contributed by atoms with E-state index >= 15 is 0 Å². The van der Waals surface area contributed by atoms with Gasteiger partial charge in [0.25, 0.3) is 5.91 Å². The number of carbonyl (C=O) groups is 1. The van der Waals surface area contributed by atoms with Gasteiger partial charge in [-0.15, -0.1) is 0 Å². The summed E-state index contributed by atoms with van der Waals surface area (Å²) in [4.78, 5) is 12.0. The number of rotatable bonds is 3. The van der Waals surface area contributed by atoms with Crippen molar-refractivity contribution in [2.45, 2.75) is 6.54 Å². The first-order valence-corrected chi connectivity index (χ1v) is 6.01. The van der Waals surface area contributed by atoms with Crippen LogP contribution in [-0.4, -0.2) is 17.3 Å². The van der Waals surface area contributed by atoms with Crippen LogP contribution in [0, 0.1) is 0 Å². The van der Waals surface area contributed by atoms with Gasteiger partial charge in [0.2, 0.25) is 6.79 Å². The topological polar surface area (TPSA) is 52.5 Å². The number of fused-ring (bicyclic) bond motifs is 1. The Bertz CT molecular complexity index is 619. The molecule has 1 N–H and O–H groups in total. The molecule has 5 heteroatoms. The second-order valence-electron chi connectivity index (χ2n) is 4.44. The summed E-state index contributed by atoms with van der Waals surface area (Å²) in [6.07, 6.45) is 3.92. The largest absolute Gasteiger partial charge is 0.454 e. The zero-order chi connectivity index (χ0) is 13.2. The van der Waals surface area contributed by atoms with Crippen LogP contribution in [0.2, 0.25) is 0 Å². The maximum Gasteiger partial charge on any atom is 0.251 e. The molecule has 1 aromatic heterocycles. The monoisotopic (exact) mass is 258 g/mol. The molecule has 0 aliphatic carbocycles. The van der Waals surface area contributed by atoms with Crippen LogP contribution in [0.25, 0.3) is 0 Å². The molecule has 5 nitrogen and oxygen atoms in total. The Kier molecular flexibility index (Phi) is 2.87. The molecule has 0 radical (unpaired) electrons. The fraction of sp³-hybridized carbons (Fsp3) is 0.214. The summed E-state index contributed by atoms with van der Waals surface area (Å²) in [7, 11) is 1.95. The fourth-order valence-electron chi connectivity index (χ4n) is 1.99. The van der Waals surface area contributed by atoms with E-state index in [2.05, 4.69) is 5.32 Å². The number of nitrogens with zero attached hydrogens (tertiary/aromatic N) is 1. The van der Waals surface area contributed by atoms with E-state index < -0.39 is 0 Å². The van der Waals surface area contributed by atoms with Gasteiger partial charge in [0.15, 0.2) is 11.5 Å². The molecule has 0 spiro atoms. The van der Waals surface area contributed by atoms with Crippen molar-refractivity contribution in [2.75, 3.05) is 6.79 Å². The van der Waals surface area contributed by atoms with Gasteiger partial charge in [0.1, 0.15) is 0 Å². The van der Waals surface area contributed by atoms with Gasteiger partial charge in [-0.1, -0.05) is 0 Å². The second-order valence-corrected chi connectivity index (χ2v) is 4.44. The molecule has 19 heavy (non-hydrogen) atoms. The van der Waals surface area contributed by atoms with Crippen LogP contribution in [-0.2, 0) is 13.6 Å². The van der Waals surface area contributed by atoms with Crippen molar-refractivity contribution in [1.82, 2.24) is 9.88 Å². The van der Waals surface area contributed by atoms with Crippen molar-refractivity contribution < 1.29 is 14.3 Å². The highest BCUT2D eigenvalue weighted by Crippen LogP contribution is 2.32. The highest BCUT2D eigenvalue weighted by atomic mass is 16.7. The average Bonchev–Trinajstić information content (AvgIpc) is 3.03. The molecule has 0 saturated heterocycles. The molecule has 0 unspecified atom stereocenters. The fourth-order valence-corrected chi connectivity index (χ4v) is 1.99. The van der Waals surface area contributed by atoms with Crippen molar-refractivity contribution in [1.29, 1.82) is 0 Å².